The van der Waals surface area contributed by atoms with Gasteiger partial charge in [-0.15, -0.1) is 11.3 Å². The molecule has 1 aromatic carbocycles. The van der Waals surface area contributed by atoms with Crippen molar-refractivity contribution in [2.45, 2.75) is 33.8 Å². The molecule has 2 rings (SSSR count). The van der Waals surface area contributed by atoms with Crippen LogP contribution in [0, 0.1) is 0 Å². The van der Waals surface area contributed by atoms with Crippen molar-refractivity contribution in [3.8, 4) is 0 Å². The van der Waals surface area contributed by atoms with Crippen LogP contribution in [0.5, 0.6) is 0 Å². The monoisotopic (exact) mass is 361 g/mol. The predicted octanol–water partition coefficient (Wildman–Crippen LogP) is 2.98. The molecule has 0 saturated heterocycles. The number of nitrogens with zero attached hydrogens (tertiary/aromatic N) is 1. The smallest absolute Gasteiger partial charge is 0.338 e. The number of hydrogen-bond donors (Lipinski definition) is 2. The molecule has 0 aliphatic carbocycles. The highest BCUT2D eigenvalue weighted by molar-refractivity contribution is 7.09. The topological polar surface area (TPSA) is 97.4 Å². The number of thiazole rings is 1. The van der Waals surface area contributed by atoms with E-state index in [1.54, 1.807) is 6.07 Å². The van der Waals surface area contributed by atoms with Crippen LogP contribution < -0.4 is 10.6 Å². The molecular formula is C17H19N3O4S. The zero-order chi connectivity index (χ0) is 18.4. The molecule has 1 aromatic heterocycles. The lowest BCUT2D eigenvalue weighted by Crippen LogP contribution is -2.12. The molecule has 25 heavy (non-hydrogen) atoms. The largest absolute Gasteiger partial charge is 0.456 e. The van der Waals surface area contributed by atoms with Crippen LogP contribution in [0.4, 0.5) is 11.4 Å². The summed E-state index contributed by atoms with van der Waals surface area (Å²) in [5, 5.41) is 8.01. The molecule has 2 aromatic rings. The zero-order valence-corrected chi connectivity index (χ0v) is 15.0. The van der Waals surface area contributed by atoms with Crippen LogP contribution in [0.25, 0.3) is 0 Å². The quantitative estimate of drug-likeness (QED) is 0.771. The van der Waals surface area contributed by atoms with Gasteiger partial charge in [0, 0.05) is 30.6 Å². The summed E-state index contributed by atoms with van der Waals surface area (Å²) in [6.07, 6.45) is 0.831. The molecule has 8 heteroatoms. The lowest BCUT2D eigenvalue weighted by atomic mass is 10.1. The summed E-state index contributed by atoms with van der Waals surface area (Å²) >= 11 is 1.52. The van der Waals surface area contributed by atoms with Crippen LogP contribution in [0.15, 0.2) is 23.6 Å². The van der Waals surface area contributed by atoms with Crippen LogP contribution in [-0.2, 0) is 27.4 Å². The number of carbonyl (C=O) groups is 3. The maximum Gasteiger partial charge on any atom is 0.338 e. The van der Waals surface area contributed by atoms with Gasteiger partial charge < -0.3 is 15.4 Å². The Kier molecular flexibility index (Phi) is 6.24. The van der Waals surface area contributed by atoms with Gasteiger partial charge >= 0.3 is 5.97 Å². The minimum atomic E-state index is -0.565. The van der Waals surface area contributed by atoms with Gasteiger partial charge in [-0.2, -0.15) is 0 Å². The van der Waals surface area contributed by atoms with Crippen molar-refractivity contribution in [2.24, 2.45) is 0 Å². The number of aryl methyl sites for hydroxylation is 1. The molecule has 0 spiro atoms. The average Bonchev–Trinajstić information content (AvgIpc) is 2.99. The molecule has 0 aliphatic rings. The van der Waals surface area contributed by atoms with E-state index in [9.17, 15) is 14.4 Å². The van der Waals surface area contributed by atoms with E-state index in [0.717, 1.165) is 11.4 Å². The van der Waals surface area contributed by atoms with Gasteiger partial charge in [0.2, 0.25) is 11.8 Å². The van der Waals surface area contributed by atoms with E-state index < -0.39 is 5.97 Å². The second kappa shape index (κ2) is 8.39. The number of esters is 1. The Balaban J connectivity index is 2.15. The van der Waals surface area contributed by atoms with Gasteiger partial charge in [-0.25, -0.2) is 9.78 Å². The van der Waals surface area contributed by atoms with Gasteiger partial charge in [-0.1, -0.05) is 6.92 Å². The normalized spacial score (nSPS) is 10.2. The molecular weight excluding hydrogens is 342 g/mol. The number of amides is 2. The summed E-state index contributed by atoms with van der Waals surface area (Å²) in [5.41, 5.74) is 1.71. The Hall–Kier alpha value is -2.74. The summed E-state index contributed by atoms with van der Waals surface area (Å²) in [6.45, 7) is 4.79. The Morgan fingerprint density at radius 1 is 1.08 bits per heavy atom. The third-order valence-electron chi connectivity index (χ3n) is 3.06. The molecule has 0 radical (unpaired) electrons. The SMILES string of the molecule is CCc1nc(COC(=O)c2cc(NC(C)=O)cc(NC(C)=O)c2)cs1. The molecule has 0 saturated carbocycles. The van der Waals surface area contributed by atoms with Crippen molar-refractivity contribution in [1.82, 2.24) is 4.98 Å². The lowest BCUT2D eigenvalue weighted by molar-refractivity contribution is -0.115. The maximum atomic E-state index is 12.3. The Labute approximate surface area is 149 Å². The van der Waals surface area contributed by atoms with E-state index in [4.69, 9.17) is 4.74 Å². The van der Waals surface area contributed by atoms with E-state index in [2.05, 4.69) is 15.6 Å². The van der Waals surface area contributed by atoms with Gasteiger partial charge in [0.1, 0.15) is 6.61 Å². The van der Waals surface area contributed by atoms with Crippen molar-refractivity contribution in [2.75, 3.05) is 10.6 Å². The number of benzene rings is 1. The van der Waals surface area contributed by atoms with Crippen LogP contribution in [0.3, 0.4) is 0 Å². The fourth-order valence-corrected chi connectivity index (χ4v) is 2.83. The number of hydrogen-bond acceptors (Lipinski definition) is 6. The summed E-state index contributed by atoms with van der Waals surface area (Å²) in [6, 6.07) is 4.55. The summed E-state index contributed by atoms with van der Waals surface area (Å²) in [7, 11) is 0. The molecule has 2 N–H and O–H groups in total. The Morgan fingerprint density at radius 3 is 2.16 bits per heavy atom. The first-order valence-electron chi connectivity index (χ1n) is 7.68. The zero-order valence-electron chi connectivity index (χ0n) is 14.2. The van der Waals surface area contributed by atoms with E-state index in [1.807, 2.05) is 12.3 Å². The fraction of sp³-hybridized carbons (Fsp3) is 0.294. The number of carbonyl (C=O) groups excluding carboxylic acids is 3. The van der Waals surface area contributed by atoms with E-state index in [0.29, 0.717) is 17.1 Å². The first-order chi connectivity index (χ1) is 11.9. The maximum absolute atomic E-state index is 12.3. The molecule has 0 bridgehead atoms. The minimum absolute atomic E-state index is 0.0647. The van der Waals surface area contributed by atoms with Crippen LogP contribution >= 0.6 is 11.3 Å². The minimum Gasteiger partial charge on any atom is -0.456 e. The van der Waals surface area contributed by atoms with Crippen molar-refractivity contribution < 1.29 is 19.1 Å². The van der Waals surface area contributed by atoms with E-state index in [1.165, 1.54) is 37.3 Å². The van der Waals surface area contributed by atoms with Gasteiger partial charge in [0.05, 0.1) is 16.3 Å². The van der Waals surface area contributed by atoms with Gasteiger partial charge in [-0.3, -0.25) is 9.59 Å². The highest BCUT2D eigenvalue weighted by atomic mass is 32.1. The van der Waals surface area contributed by atoms with Crippen LogP contribution in [0.1, 0.15) is 41.8 Å². The standard InChI is InChI=1S/C17H19N3O4S/c1-4-16-20-15(9-25-16)8-24-17(23)12-5-13(18-10(2)21)7-14(6-12)19-11(3)22/h5-7,9H,4,8H2,1-3H3,(H,18,21)(H,19,22). The third-order valence-corrected chi connectivity index (χ3v) is 4.10. The van der Waals surface area contributed by atoms with Gasteiger partial charge in [0.25, 0.3) is 0 Å². The number of rotatable bonds is 6. The second-order valence-corrected chi connectivity index (χ2v) is 6.27. The summed E-state index contributed by atoms with van der Waals surface area (Å²) in [4.78, 5) is 39.1. The van der Waals surface area contributed by atoms with Gasteiger partial charge in [-0.05, 0) is 24.6 Å². The molecule has 132 valence electrons. The Bertz CT molecular complexity index is 767. The number of nitrogens with one attached hydrogen (secondary N) is 2. The number of anilines is 2. The average molecular weight is 361 g/mol. The second-order valence-electron chi connectivity index (χ2n) is 5.32. The molecule has 7 nitrogen and oxygen atoms in total. The number of aromatic nitrogens is 1. The van der Waals surface area contributed by atoms with Gasteiger partial charge in [0.15, 0.2) is 0 Å². The van der Waals surface area contributed by atoms with E-state index in [-0.39, 0.29) is 24.0 Å². The van der Waals surface area contributed by atoms with Crippen molar-refractivity contribution in [1.29, 1.82) is 0 Å². The highest BCUT2D eigenvalue weighted by Crippen LogP contribution is 2.21. The molecule has 0 atom stereocenters. The summed E-state index contributed by atoms with van der Waals surface area (Å²) < 4.78 is 5.27. The van der Waals surface area contributed by atoms with Crippen molar-refractivity contribution >= 4 is 40.5 Å². The fourth-order valence-electron chi connectivity index (χ4n) is 2.10. The first kappa shape index (κ1) is 18.6. The highest BCUT2D eigenvalue weighted by Gasteiger charge is 2.13. The molecule has 2 amide bonds. The third kappa shape index (κ3) is 5.68. The van der Waals surface area contributed by atoms with Crippen molar-refractivity contribution in [3.63, 3.8) is 0 Å². The molecule has 0 unspecified atom stereocenters. The molecule has 0 fully saturated rings. The van der Waals surface area contributed by atoms with Crippen molar-refractivity contribution in [3.05, 3.63) is 39.8 Å². The first-order valence-corrected chi connectivity index (χ1v) is 8.56. The summed E-state index contributed by atoms with van der Waals surface area (Å²) in [5.74, 6) is -1.13. The molecule has 1 heterocycles. The number of ether oxygens (including phenoxy) is 1. The Morgan fingerprint density at radius 2 is 1.68 bits per heavy atom. The predicted molar refractivity (Wildman–Crippen MR) is 95.7 cm³/mol. The lowest BCUT2D eigenvalue weighted by Gasteiger charge is -2.10. The van der Waals surface area contributed by atoms with E-state index >= 15 is 0 Å². The van der Waals surface area contributed by atoms with Crippen LogP contribution in [-0.4, -0.2) is 22.8 Å². The van der Waals surface area contributed by atoms with Crippen LogP contribution in [0.2, 0.25) is 0 Å². The molecule has 0 aliphatic heterocycles.